The number of nitrogens with one attached hydrogen (secondary N) is 1. The fraction of sp³-hybridized carbons (Fsp3) is 0.280. The van der Waals surface area contributed by atoms with E-state index in [-0.39, 0.29) is 12.5 Å². The van der Waals surface area contributed by atoms with E-state index in [1.807, 2.05) is 54.1 Å². The number of carbonyl (C=O) groups excluding carboxylic acids is 1. The van der Waals surface area contributed by atoms with Gasteiger partial charge in [-0.3, -0.25) is 10.2 Å². The predicted octanol–water partition coefficient (Wildman–Crippen LogP) is 4.02. The van der Waals surface area contributed by atoms with Crippen LogP contribution >= 0.6 is 11.3 Å². The van der Waals surface area contributed by atoms with E-state index in [1.165, 1.54) is 16.9 Å². The first-order chi connectivity index (χ1) is 15.9. The Hall–Kier alpha value is -2.81. The van der Waals surface area contributed by atoms with Gasteiger partial charge in [-0.05, 0) is 35.6 Å². The van der Waals surface area contributed by atoms with Crippen LogP contribution in [-0.2, 0) is 22.3 Å². The summed E-state index contributed by atoms with van der Waals surface area (Å²) in [5.41, 5.74) is 3.02. The first-order valence-electron chi connectivity index (χ1n) is 10.8. The number of piperazine rings is 1. The Labute approximate surface area is 201 Å². The molecule has 0 bridgehead atoms. The normalized spacial score (nSPS) is 15.6. The zero-order chi connectivity index (χ0) is 23.5. The van der Waals surface area contributed by atoms with Gasteiger partial charge in [0.15, 0.2) is 0 Å². The van der Waals surface area contributed by atoms with Gasteiger partial charge in [-0.1, -0.05) is 42.5 Å². The van der Waals surface area contributed by atoms with Gasteiger partial charge in [0.05, 0.1) is 6.54 Å². The van der Waals surface area contributed by atoms with Crippen LogP contribution in [0.5, 0.6) is 0 Å². The van der Waals surface area contributed by atoms with E-state index in [0.29, 0.717) is 32.0 Å². The number of amides is 1. The van der Waals surface area contributed by atoms with Gasteiger partial charge in [0.2, 0.25) is 5.91 Å². The minimum absolute atomic E-state index is 0.0194. The molecule has 0 radical (unpaired) electrons. The van der Waals surface area contributed by atoms with Gasteiger partial charge < -0.3 is 9.80 Å². The van der Waals surface area contributed by atoms with Crippen molar-refractivity contribution in [3.05, 3.63) is 77.9 Å². The average Bonchev–Trinajstić information content (AvgIpc) is 3.23. The van der Waals surface area contributed by atoms with Crippen LogP contribution in [0.15, 0.2) is 65.4 Å². The second-order valence-corrected chi connectivity index (χ2v) is 11.0. The van der Waals surface area contributed by atoms with Crippen LogP contribution in [0.3, 0.4) is 0 Å². The topological polar surface area (TPSA) is 67.7 Å². The molecule has 1 aliphatic heterocycles. The molecule has 33 heavy (non-hydrogen) atoms. The standard InChI is InChI=1S/C25H28N4O2S2/c1-4-11-27(3)25(26)20-9-6-19(7-10-20)16-28-12-13-29(17-23(28)30)33(31)24-15-21-8-5-18(2)14-22(21)32-24/h4-10,14-15,26H,1,11-13,16-17H2,2-3H3. The molecule has 0 aliphatic carbocycles. The van der Waals surface area contributed by atoms with Crippen molar-refractivity contribution >= 4 is 44.2 Å². The summed E-state index contributed by atoms with van der Waals surface area (Å²) in [7, 11) is 0.524. The smallest absolute Gasteiger partial charge is 0.238 e. The lowest BCUT2D eigenvalue weighted by Gasteiger charge is -2.33. The summed E-state index contributed by atoms with van der Waals surface area (Å²) in [5, 5.41) is 9.34. The predicted molar refractivity (Wildman–Crippen MR) is 136 cm³/mol. The second-order valence-electron chi connectivity index (χ2n) is 8.25. The Morgan fingerprint density at radius 3 is 2.67 bits per heavy atom. The van der Waals surface area contributed by atoms with Gasteiger partial charge in [-0.15, -0.1) is 17.9 Å². The van der Waals surface area contributed by atoms with Crippen LogP contribution in [0.2, 0.25) is 0 Å². The number of hydrogen-bond acceptors (Lipinski definition) is 4. The fourth-order valence-corrected chi connectivity index (χ4v) is 6.54. The van der Waals surface area contributed by atoms with E-state index in [4.69, 9.17) is 5.41 Å². The molecule has 0 saturated carbocycles. The highest BCUT2D eigenvalue weighted by molar-refractivity contribution is 7.85. The van der Waals surface area contributed by atoms with Crippen LogP contribution in [0.25, 0.3) is 10.1 Å². The summed E-state index contributed by atoms with van der Waals surface area (Å²) in [6.07, 6.45) is 1.77. The highest BCUT2D eigenvalue weighted by Gasteiger charge is 2.28. The van der Waals surface area contributed by atoms with Crippen molar-refractivity contribution in [1.29, 1.82) is 5.41 Å². The maximum absolute atomic E-state index is 13.1. The molecule has 1 atom stereocenters. The summed E-state index contributed by atoms with van der Waals surface area (Å²) < 4.78 is 16.8. The molecule has 4 rings (SSSR count). The van der Waals surface area contributed by atoms with Crippen molar-refractivity contribution in [3.8, 4) is 0 Å². The van der Waals surface area contributed by atoms with Crippen molar-refractivity contribution in [2.24, 2.45) is 0 Å². The monoisotopic (exact) mass is 480 g/mol. The molecule has 1 fully saturated rings. The summed E-state index contributed by atoms with van der Waals surface area (Å²) in [4.78, 5) is 16.4. The molecule has 1 saturated heterocycles. The molecule has 8 heteroatoms. The van der Waals surface area contributed by atoms with Crippen LogP contribution in [0, 0.1) is 12.3 Å². The van der Waals surface area contributed by atoms with Crippen molar-refractivity contribution in [2.45, 2.75) is 17.7 Å². The van der Waals surface area contributed by atoms with Crippen LogP contribution < -0.4 is 0 Å². The average molecular weight is 481 g/mol. The quantitative estimate of drug-likeness (QED) is 0.316. The van der Waals surface area contributed by atoms with Crippen LogP contribution in [-0.4, -0.2) is 63.3 Å². The van der Waals surface area contributed by atoms with E-state index in [2.05, 4.69) is 24.8 Å². The highest BCUT2D eigenvalue weighted by atomic mass is 32.2. The van der Waals surface area contributed by atoms with Gasteiger partial charge in [-0.2, -0.15) is 0 Å². The van der Waals surface area contributed by atoms with Crippen LogP contribution in [0.1, 0.15) is 16.7 Å². The Morgan fingerprint density at radius 2 is 1.97 bits per heavy atom. The Morgan fingerprint density at radius 1 is 1.21 bits per heavy atom. The van der Waals surface area contributed by atoms with E-state index in [1.54, 1.807) is 10.4 Å². The number of likely N-dealkylation sites (N-methyl/N-ethyl adjacent to an activating group) is 1. The molecule has 2 aromatic carbocycles. The lowest BCUT2D eigenvalue weighted by atomic mass is 10.1. The largest absolute Gasteiger partial charge is 0.356 e. The fourth-order valence-electron chi connectivity index (χ4n) is 3.82. The Kier molecular flexibility index (Phi) is 7.07. The molecule has 1 N–H and O–H groups in total. The van der Waals surface area contributed by atoms with Crippen molar-refractivity contribution < 1.29 is 9.00 Å². The molecule has 3 aromatic rings. The molecule has 6 nitrogen and oxygen atoms in total. The van der Waals surface area contributed by atoms with Crippen molar-refractivity contribution in [1.82, 2.24) is 14.1 Å². The summed E-state index contributed by atoms with van der Waals surface area (Å²) >= 11 is 1.53. The van der Waals surface area contributed by atoms with E-state index in [9.17, 15) is 9.00 Å². The van der Waals surface area contributed by atoms with Gasteiger partial charge in [0, 0.05) is 43.5 Å². The number of fused-ring (bicyclic) bond motifs is 1. The number of benzene rings is 2. The molecule has 2 heterocycles. The summed E-state index contributed by atoms with van der Waals surface area (Å²) in [6, 6.07) is 15.9. The zero-order valence-corrected chi connectivity index (χ0v) is 20.5. The Balaban J connectivity index is 1.37. The maximum atomic E-state index is 13.1. The summed E-state index contributed by atoms with van der Waals surface area (Å²) in [5.74, 6) is 0.416. The van der Waals surface area contributed by atoms with Gasteiger partial charge in [0.1, 0.15) is 21.0 Å². The van der Waals surface area contributed by atoms with Gasteiger partial charge in [0.25, 0.3) is 0 Å². The molecule has 172 valence electrons. The molecule has 1 unspecified atom stereocenters. The maximum Gasteiger partial charge on any atom is 0.238 e. The Bertz CT molecular complexity index is 1220. The van der Waals surface area contributed by atoms with Gasteiger partial charge in [-0.25, -0.2) is 8.51 Å². The molecular formula is C25H28N4O2S2. The molecule has 1 aliphatic rings. The van der Waals surface area contributed by atoms with Crippen LogP contribution in [0.4, 0.5) is 0 Å². The number of aryl methyl sites for hydroxylation is 1. The third kappa shape index (κ3) is 5.24. The third-order valence-corrected chi connectivity index (χ3v) is 8.54. The first kappa shape index (κ1) is 23.4. The number of carbonyl (C=O) groups is 1. The van der Waals surface area contributed by atoms with Crippen molar-refractivity contribution in [3.63, 3.8) is 0 Å². The summed E-state index contributed by atoms with van der Waals surface area (Å²) in [6.45, 7) is 8.14. The molecule has 1 aromatic heterocycles. The SMILES string of the molecule is C=CCN(C)C(=N)c1ccc(CN2CCN(S(=O)c3cc4ccc(C)cc4s3)CC2=O)cc1. The van der Waals surface area contributed by atoms with E-state index >= 15 is 0 Å². The molecule has 0 spiro atoms. The number of hydrogen-bond donors (Lipinski definition) is 1. The number of thiophene rings is 1. The van der Waals surface area contributed by atoms with Crippen molar-refractivity contribution in [2.75, 3.05) is 33.2 Å². The minimum Gasteiger partial charge on any atom is -0.356 e. The zero-order valence-electron chi connectivity index (χ0n) is 18.9. The lowest BCUT2D eigenvalue weighted by molar-refractivity contribution is -0.134. The molecular weight excluding hydrogens is 452 g/mol. The van der Waals surface area contributed by atoms with Gasteiger partial charge >= 0.3 is 0 Å². The minimum atomic E-state index is -1.34. The van der Waals surface area contributed by atoms with E-state index in [0.717, 1.165) is 25.4 Å². The first-order valence-corrected chi connectivity index (χ1v) is 12.7. The number of rotatable bonds is 7. The van der Waals surface area contributed by atoms with E-state index < -0.39 is 11.0 Å². The molecule has 1 amide bonds. The highest BCUT2D eigenvalue weighted by Crippen LogP contribution is 2.30. The lowest BCUT2D eigenvalue weighted by Crippen LogP contribution is -2.50. The number of amidine groups is 1. The number of nitrogens with zero attached hydrogens (tertiary/aromatic N) is 3. The third-order valence-electron chi connectivity index (χ3n) is 5.73. The second kappa shape index (κ2) is 9.99.